The smallest absolute Gasteiger partial charge is 0.0249 e. The number of hydrogen-bond donors (Lipinski definition) is 0. The monoisotopic (exact) mass is 292 g/mol. The molecular weight excluding hydrogens is 276 g/mol. The third-order valence-electron chi connectivity index (χ3n) is 3.41. The zero-order chi connectivity index (χ0) is 15.9. The Morgan fingerprint density at radius 3 is 1.22 bits per heavy atom. The average molecular weight is 292 g/mol. The quantitative estimate of drug-likeness (QED) is 0.522. The van der Waals surface area contributed by atoms with Gasteiger partial charge in [0.2, 0.25) is 0 Å². The number of hydrogen-bond acceptors (Lipinski definition) is 0. The first kappa shape index (κ1) is 14.7. The molecular formula is C23H16. The van der Waals surface area contributed by atoms with E-state index in [1.54, 1.807) is 0 Å². The lowest BCUT2D eigenvalue weighted by molar-refractivity contribution is 1.46. The molecule has 0 saturated carbocycles. The Balaban J connectivity index is 1.73. The molecule has 0 fully saturated rings. The Bertz CT molecular complexity index is 892. The molecule has 0 aliphatic carbocycles. The van der Waals surface area contributed by atoms with Crippen molar-refractivity contribution in [2.75, 3.05) is 0 Å². The number of benzene rings is 3. The van der Waals surface area contributed by atoms with Gasteiger partial charge in [-0.15, -0.1) is 0 Å². The summed E-state index contributed by atoms with van der Waals surface area (Å²) in [5.41, 5.74) is 5.29. The van der Waals surface area contributed by atoms with Crippen molar-refractivity contribution in [1.82, 2.24) is 0 Å². The number of aryl methyl sites for hydroxylation is 1. The van der Waals surface area contributed by atoms with Gasteiger partial charge in [-0.3, -0.25) is 0 Å². The van der Waals surface area contributed by atoms with Crippen LogP contribution >= 0.6 is 0 Å². The van der Waals surface area contributed by atoms with Crippen molar-refractivity contribution in [1.29, 1.82) is 0 Å². The molecule has 0 aromatic heterocycles. The Morgan fingerprint density at radius 2 is 0.783 bits per heavy atom. The molecule has 108 valence electrons. The van der Waals surface area contributed by atoms with Gasteiger partial charge in [-0.05, 0) is 55.5 Å². The average Bonchev–Trinajstić information content (AvgIpc) is 2.61. The summed E-state index contributed by atoms with van der Waals surface area (Å²) < 4.78 is 0. The highest BCUT2D eigenvalue weighted by atomic mass is 13.9. The van der Waals surface area contributed by atoms with Crippen LogP contribution in [-0.2, 0) is 0 Å². The van der Waals surface area contributed by atoms with Crippen LogP contribution < -0.4 is 0 Å². The zero-order valence-corrected chi connectivity index (χ0v) is 13.0. The van der Waals surface area contributed by atoms with Crippen LogP contribution in [0.15, 0.2) is 78.9 Å². The van der Waals surface area contributed by atoms with Crippen LogP contribution in [0.3, 0.4) is 0 Å². The van der Waals surface area contributed by atoms with Crippen molar-refractivity contribution in [3.8, 4) is 23.7 Å². The largest absolute Gasteiger partial charge is 0.0622 e. The summed E-state index contributed by atoms with van der Waals surface area (Å²) in [6.45, 7) is 2.08. The Hall–Kier alpha value is -3.22. The van der Waals surface area contributed by atoms with Crippen LogP contribution in [0.4, 0.5) is 0 Å². The molecule has 0 heterocycles. The zero-order valence-electron chi connectivity index (χ0n) is 13.0. The fourth-order valence-electron chi connectivity index (χ4n) is 2.08. The van der Waals surface area contributed by atoms with Gasteiger partial charge >= 0.3 is 0 Å². The standard InChI is InChI=1S/C23H16/c1-19-7-9-21(10-8-19)13-14-23-17-15-22(16-18-23)12-11-20-5-3-2-4-6-20/h2-10,15-18H,1H3. The van der Waals surface area contributed by atoms with E-state index in [-0.39, 0.29) is 0 Å². The second-order valence-electron chi connectivity index (χ2n) is 5.31. The van der Waals surface area contributed by atoms with E-state index in [0.717, 1.165) is 22.3 Å². The van der Waals surface area contributed by atoms with E-state index >= 15 is 0 Å². The van der Waals surface area contributed by atoms with Gasteiger partial charge in [-0.25, -0.2) is 0 Å². The van der Waals surface area contributed by atoms with E-state index in [1.165, 1.54) is 5.56 Å². The predicted molar refractivity (Wildman–Crippen MR) is 96.0 cm³/mol. The minimum Gasteiger partial charge on any atom is -0.0622 e. The van der Waals surface area contributed by atoms with Crippen molar-refractivity contribution >= 4 is 0 Å². The van der Waals surface area contributed by atoms with Crippen molar-refractivity contribution < 1.29 is 0 Å². The van der Waals surface area contributed by atoms with Crippen LogP contribution in [0.2, 0.25) is 0 Å². The topological polar surface area (TPSA) is 0 Å². The lowest BCUT2D eigenvalue weighted by Gasteiger charge is -1.93. The maximum atomic E-state index is 3.18. The second-order valence-corrected chi connectivity index (χ2v) is 5.31. The highest BCUT2D eigenvalue weighted by Gasteiger charge is 1.90. The second kappa shape index (κ2) is 7.17. The molecule has 0 saturated heterocycles. The van der Waals surface area contributed by atoms with Gasteiger partial charge in [-0.2, -0.15) is 0 Å². The van der Waals surface area contributed by atoms with E-state index < -0.39 is 0 Å². The van der Waals surface area contributed by atoms with Crippen LogP contribution in [0.1, 0.15) is 27.8 Å². The van der Waals surface area contributed by atoms with Crippen molar-refractivity contribution in [2.45, 2.75) is 6.92 Å². The van der Waals surface area contributed by atoms with Crippen molar-refractivity contribution in [2.24, 2.45) is 0 Å². The van der Waals surface area contributed by atoms with E-state index in [0.29, 0.717) is 0 Å². The molecule has 0 nitrogen and oxygen atoms in total. The van der Waals surface area contributed by atoms with Crippen molar-refractivity contribution in [3.05, 3.63) is 107 Å². The molecule has 3 aromatic rings. The van der Waals surface area contributed by atoms with Crippen LogP contribution in [0, 0.1) is 30.6 Å². The number of rotatable bonds is 0. The van der Waals surface area contributed by atoms with E-state index in [2.05, 4.69) is 42.7 Å². The molecule has 0 aliphatic heterocycles. The molecule has 0 radical (unpaired) electrons. The SMILES string of the molecule is Cc1ccc(C#Cc2ccc(C#Cc3ccccc3)cc2)cc1. The fraction of sp³-hybridized carbons (Fsp3) is 0.0435. The fourth-order valence-corrected chi connectivity index (χ4v) is 2.08. The van der Waals surface area contributed by atoms with Crippen LogP contribution in [0.25, 0.3) is 0 Å². The Labute approximate surface area is 137 Å². The van der Waals surface area contributed by atoms with Gasteiger partial charge in [0.05, 0.1) is 0 Å². The first-order valence-electron chi connectivity index (χ1n) is 7.55. The summed E-state index contributed by atoms with van der Waals surface area (Å²) in [5, 5.41) is 0. The molecule has 0 atom stereocenters. The van der Waals surface area contributed by atoms with Gasteiger partial charge in [0.25, 0.3) is 0 Å². The molecule has 0 amide bonds. The highest BCUT2D eigenvalue weighted by molar-refractivity contribution is 5.47. The van der Waals surface area contributed by atoms with Crippen LogP contribution in [0.5, 0.6) is 0 Å². The maximum absolute atomic E-state index is 3.18. The summed E-state index contributed by atoms with van der Waals surface area (Å²) in [7, 11) is 0. The third kappa shape index (κ3) is 4.37. The molecule has 3 rings (SSSR count). The normalized spacial score (nSPS) is 9.26. The lowest BCUT2D eigenvalue weighted by atomic mass is 10.1. The summed E-state index contributed by atoms with van der Waals surface area (Å²) in [6.07, 6.45) is 0. The summed E-state index contributed by atoms with van der Waals surface area (Å²) in [6, 6.07) is 26.3. The molecule has 0 spiro atoms. The Morgan fingerprint density at radius 1 is 0.435 bits per heavy atom. The maximum Gasteiger partial charge on any atom is 0.0249 e. The van der Waals surface area contributed by atoms with Gasteiger partial charge < -0.3 is 0 Å². The summed E-state index contributed by atoms with van der Waals surface area (Å²) in [5.74, 6) is 12.7. The van der Waals surface area contributed by atoms with Crippen molar-refractivity contribution in [3.63, 3.8) is 0 Å². The lowest BCUT2D eigenvalue weighted by Crippen LogP contribution is -1.79. The predicted octanol–water partition coefficient (Wildman–Crippen LogP) is 4.79. The van der Waals surface area contributed by atoms with Crippen LogP contribution in [-0.4, -0.2) is 0 Å². The van der Waals surface area contributed by atoms with E-state index in [9.17, 15) is 0 Å². The third-order valence-corrected chi connectivity index (χ3v) is 3.41. The first-order chi connectivity index (χ1) is 11.3. The molecule has 0 N–H and O–H groups in total. The summed E-state index contributed by atoms with van der Waals surface area (Å²) >= 11 is 0. The highest BCUT2D eigenvalue weighted by Crippen LogP contribution is 2.05. The minimum atomic E-state index is 0.995. The van der Waals surface area contributed by atoms with Gasteiger partial charge in [0, 0.05) is 22.3 Å². The molecule has 0 heteroatoms. The molecule has 3 aromatic carbocycles. The van der Waals surface area contributed by atoms with E-state index in [4.69, 9.17) is 0 Å². The first-order valence-corrected chi connectivity index (χ1v) is 7.55. The summed E-state index contributed by atoms with van der Waals surface area (Å²) in [4.78, 5) is 0. The molecule has 0 aliphatic rings. The molecule has 0 unspecified atom stereocenters. The van der Waals surface area contributed by atoms with Gasteiger partial charge in [-0.1, -0.05) is 59.6 Å². The van der Waals surface area contributed by atoms with Gasteiger partial charge in [0.1, 0.15) is 0 Å². The Kier molecular flexibility index (Phi) is 4.58. The molecule has 23 heavy (non-hydrogen) atoms. The van der Waals surface area contributed by atoms with Gasteiger partial charge in [0.15, 0.2) is 0 Å². The van der Waals surface area contributed by atoms with E-state index in [1.807, 2.05) is 66.7 Å². The minimum absolute atomic E-state index is 0.995. The molecule has 0 bridgehead atoms.